The summed E-state index contributed by atoms with van der Waals surface area (Å²) in [5.74, 6) is -0.740. The molecule has 0 radical (unpaired) electrons. The normalized spacial score (nSPS) is 28.3. The molecule has 0 amide bonds. The fourth-order valence-electron chi connectivity index (χ4n) is 3.98. The lowest BCUT2D eigenvalue weighted by atomic mass is 9.93. The maximum Gasteiger partial charge on any atom is 0.325 e. The summed E-state index contributed by atoms with van der Waals surface area (Å²) in [7, 11) is 0. The highest BCUT2D eigenvalue weighted by atomic mass is 16.4. The summed E-state index contributed by atoms with van der Waals surface area (Å²) in [5, 5.41) is 9.74. The Bertz CT molecular complexity index is 545. The number of carbonyl (C=O) groups is 1. The Morgan fingerprint density at radius 2 is 2.14 bits per heavy atom. The summed E-state index contributed by atoms with van der Waals surface area (Å²) in [4.78, 5) is 16.5. The van der Waals surface area contributed by atoms with Crippen molar-refractivity contribution in [3.63, 3.8) is 0 Å². The number of hydrogen-bond donors (Lipinski definition) is 1. The number of aryl methyl sites for hydroxylation is 1. The van der Waals surface area contributed by atoms with Crippen molar-refractivity contribution in [3.8, 4) is 0 Å². The second-order valence-electron chi connectivity index (χ2n) is 6.71. The van der Waals surface area contributed by atoms with Crippen molar-refractivity contribution in [2.45, 2.75) is 38.3 Å². The Morgan fingerprint density at radius 1 is 1.33 bits per heavy atom. The highest BCUT2D eigenvalue weighted by Crippen LogP contribution is 2.35. The van der Waals surface area contributed by atoms with Crippen LogP contribution in [-0.4, -0.2) is 52.6 Å². The second-order valence-corrected chi connectivity index (χ2v) is 6.71. The standard InChI is InChI=1S/C17H24N2O2/c1-13-5-3-6-14(11-13)15(16(20)21)18-9-10-19-8-4-7-17(19,2)12-18/h3,5-6,11,15H,4,7-10,12H2,1-2H3,(H,20,21). The number of piperazine rings is 1. The van der Waals surface area contributed by atoms with E-state index in [2.05, 4.69) is 16.7 Å². The van der Waals surface area contributed by atoms with E-state index in [-0.39, 0.29) is 5.54 Å². The highest BCUT2D eigenvalue weighted by molar-refractivity contribution is 5.75. The number of carboxylic acids is 1. The zero-order valence-electron chi connectivity index (χ0n) is 12.9. The molecule has 2 aliphatic rings. The van der Waals surface area contributed by atoms with E-state index in [4.69, 9.17) is 0 Å². The Labute approximate surface area is 126 Å². The van der Waals surface area contributed by atoms with Crippen molar-refractivity contribution in [2.24, 2.45) is 0 Å². The van der Waals surface area contributed by atoms with Crippen molar-refractivity contribution in [2.75, 3.05) is 26.2 Å². The molecule has 2 fully saturated rings. The first kappa shape index (κ1) is 14.5. The van der Waals surface area contributed by atoms with Crippen LogP contribution in [0.25, 0.3) is 0 Å². The molecule has 0 saturated carbocycles. The van der Waals surface area contributed by atoms with Crippen molar-refractivity contribution < 1.29 is 9.90 Å². The summed E-state index contributed by atoms with van der Waals surface area (Å²) in [6.07, 6.45) is 2.40. The lowest BCUT2D eigenvalue weighted by Crippen LogP contribution is -2.58. The number of rotatable bonds is 3. The molecule has 2 aliphatic heterocycles. The highest BCUT2D eigenvalue weighted by Gasteiger charge is 2.44. The van der Waals surface area contributed by atoms with Crippen LogP contribution in [0.4, 0.5) is 0 Å². The van der Waals surface area contributed by atoms with Crippen LogP contribution in [0.5, 0.6) is 0 Å². The molecule has 2 atom stereocenters. The Hall–Kier alpha value is -1.39. The minimum Gasteiger partial charge on any atom is -0.480 e. The van der Waals surface area contributed by atoms with Crippen LogP contribution < -0.4 is 0 Å². The molecule has 2 unspecified atom stereocenters. The summed E-state index contributed by atoms with van der Waals surface area (Å²) in [6, 6.07) is 7.38. The Balaban J connectivity index is 1.87. The minimum absolute atomic E-state index is 0.149. The molecule has 0 aliphatic carbocycles. The average Bonchev–Trinajstić information content (AvgIpc) is 2.79. The van der Waals surface area contributed by atoms with Gasteiger partial charge in [-0.1, -0.05) is 29.8 Å². The third-order valence-corrected chi connectivity index (χ3v) is 5.06. The molecule has 2 heterocycles. The molecule has 4 heteroatoms. The van der Waals surface area contributed by atoms with Crippen LogP contribution in [0.2, 0.25) is 0 Å². The third-order valence-electron chi connectivity index (χ3n) is 5.06. The smallest absolute Gasteiger partial charge is 0.325 e. The van der Waals surface area contributed by atoms with Gasteiger partial charge in [-0.05, 0) is 38.8 Å². The summed E-state index contributed by atoms with van der Waals surface area (Å²) < 4.78 is 0. The Morgan fingerprint density at radius 3 is 2.86 bits per heavy atom. The first-order valence-electron chi connectivity index (χ1n) is 7.78. The molecule has 114 valence electrons. The molecule has 1 aromatic rings. The molecular weight excluding hydrogens is 264 g/mol. The fourth-order valence-corrected chi connectivity index (χ4v) is 3.98. The van der Waals surface area contributed by atoms with Gasteiger partial charge in [0.2, 0.25) is 0 Å². The van der Waals surface area contributed by atoms with Crippen LogP contribution in [0.1, 0.15) is 36.9 Å². The monoisotopic (exact) mass is 288 g/mol. The maximum atomic E-state index is 11.9. The fraction of sp³-hybridized carbons (Fsp3) is 0.588. The summed E-state index contributed by atoms with van der Waals surface area (Å²) in [6.45, 7) is 8.11. The number of fused-ring (bicyclic) bond motifs is 1. The molecule has 4 nitrogen and oxygen atoms in total. The van der Waals surface area contributed by atoms with Gasteiger partial charge >= 0.3 is 5.97 Å². The number of nitrogens with zero attached hydrogens (tertiary/aromatic N) is 2. The topological polar surface area (TPSA) is 43.8 Å². The van der Waals surface area contributed by atoms with Gasteiger partial charge in [0.25, 0.3) is 0 Å². The number of hydrogen-bond acceptors (Lipinski definition) is 3. The maximum absolute atomic E-state index is 11.9. The van der Waals surface area contributed by atoms with Gasteiger partial charge in [0.1, 0.15) is 6.04 Å². The van der Waals surface area contributed by atoms with Crippen LogP contribution in [0.15, 0.2) is 24.3 Å². The lowest BCUT2D eigenvalue weighted by Gasteiger charge is -2.47. The van der Waals surface area contributed by atoms with E-state index in [0.717, 1.165) is 37.3 Å². The van der Waals surface area contributed by atoms with Gasteiger partial charge in [0.05, 0.1) is 0 Å². The Kier molecular flexibility index (Phi) is 3.76. The molecular formula is C17H24N2O2. The SMILES string of the molecule is Cc1cccc(C(C(=O)O)N2CCN3CCCC3(C)C2)c1. The molecule has 0 aromatic heterocycles. The zero-order valence-corrected chi connectivity index (χ0v) is 12.9. The average molecular weight is 288 g/mol. The third kappa shape index (κ3) is 2.70. The summed E-state index contributed by atoms with van der Waals surface area (Å²) >= 11 is 0. The van der Waals surface area contributed by atoms with Gasteiger partial charge in [0.15, 0.2) is 0 Å². The van der Waals surface area contributed by atoms with E-state index in [9.17, 15) is 9.90 Å². The van der Waals surface area contributed by atoms with Gasteiger partial charge in [-0.15, -0.1) is 0 Å². The van der Waals surface area contributed by atoms with E-state index in [1.807, 2.05) is 31.2 Å². The van der Waals surface area contributed by atoms with Crippen LogP contribution in [0.3, 0.4) is 0 Å². The first-order valence-corrected chi connectivity index (χ1v) is 7.78. The number of aliphatic carboxylic acids is 1. The molecule has 0 bridgehead atoms. The van der Waals surface area contributed by atoms with E-state index in [0.29, 0.717) is 0 Å². The predicted octanol–water partition coefficient (Wildman–Crippen LogP) is 2.29. The van der Waals surface area contributed by atoms with Crippen molar-refractivity contribution in [1.82, 2.24) is 9.80 Å². The van der Waals surface area contributed by atoms with Crippen molar-refractivity contribution >= 4 is 5.97 Å². The predicted molar refractivity (Wildman–Crippen MR) is 82.3 cm³/mol. The largest absolute Gasteiger partial charge is 0.480 e. The van der Waals surface area contributed by atoms with Crippen LogP contribution in [0, 0.1) is 6.92 Å². The van der Waals surface area contributed by atoms with E-state index in [1.54, 1.807) is 0 Å². The molecule has 21 heavy (non-hydrogen) atoms. The lowest BCUT2D eigenvalue weighted by molar-refractivity contribution is -0.145. The molecule has 2 saturated heterocycles. The minimum atomic E-state index is -0.740. The molecule has 1 aromatic carbocycles. The number of carboxylic acid groups (broad SMARTS) is 1. The van der Waals surface area contributed by atoms with Gasteiger partial charge < -0.3 is 5.11 Å². The van der Waals surface area contributed by atoms with Crippen molar-refractivity contribution in [3.05, 3.63) is 35.4 Å². The van der Waals surface area contributed by atoms with Gasteiger partial charge in [-0.3, -0.25) is 14.6 Å². The van der Waals surface area contributed by atoms with E-state index in [1.165, 1.54) is 12.8 Å². The number of benzene rings is 1. The van der Waals surface area contributed by atoms with Gasteiger partial charge in [-0.2, -0.15) is 0 Å². The molecule has 3 rings (SSSR count). The second kappa shape index (κ2) is 5.43. The summed E-state index contributed by atoms with van der Waals surface area (Å²) in [5.41, 5.74) is 2.16. The van der Waals surface area contributed by atoms with Crippen molar-refractivity contribution in [1.29, 1.82) is 0 Å². The van der Waals surface area contributed by atoms with E-state index >= 15 is 0 Å². The van der Waals surface area contributed by atoms with Gasteiger partial charge in [-0.25, -0.2) is 0 Å². The quantitative estimate of drug-likeness (QED) is 0.927. The molecule has 1 N–H and O–H groups in total. The zero-order chi connectivity index (χ0) is 15.0. The van der Waals surface area contributed by atoms with Crippen LogP contribution in [-0.2, 0) is 4.79 Å². The van der Waals surface area contributed by atoms with E-state index < -0.39 is 12.0 Å². The van der Waals surface area contributed by atoms with Crippen LogP contribution >= 0.6 is 0 Å². The first-order chi connectivity index (χ1) is 9.99. The molecule has 0 spiro atoms. The van der Waals surface area contributed by atoms with Gasteiger partial charge in [0, 0.05) is 25.2 Å².